The molecule has 0 fully saturated rings. The molecule has 4 heteroatoms. The Kier molecular flexibility index (Phi) is 4.34. The zero-order chi connectivity index (χ0) is 11.1. The predicted octanol–water partition coefficient (Wildman–Crippen LogP) is 2.54. The SMILES string of the molecule is CC.CNc1cc(-c2ccncc2)[nH]n1. The first-order valence-corrected chi connectivity index (χ1v) is 5.03. The van der Waals surface area contributed by atoms with Crippen molar-refractivity contribution in [3.8, 4) is 11.3 Å². The lowest BCUT2D eigenvalue weighted by atomic mass is 10.2. The number of nitrogens with one attached hydrogen (secondary N) is 2. The molecule has 0 spiro atoms. The lowest BCUT2D eigenvalue weighted by Gasteiger charge is -1.93. The number of nitrogens with zero attached hydrogens (tertiary/aromatic N) is 2. The zero-order valence-electron chi connectivity index (χ0n) is 9.28. The van der Waals surface area contributed by atoms with Crippen molar-refractivity contribution >= 4 is 5.82 Å². The Morgan fingerprint density at radius 1 is 1.20 bits per heavy atom. The maximum atomic E-state index is 4.05. The van der Waals surface area contributed by atoms with Crippen LogP contribution in [0.1, 0.15) is 13.8 Å². The highest BCUT2D eigenvalue weighted by molar-refractivity contribution is 5.61. The van der Waals surface area contributed by atoms with Gasteiger partial charge in [0.2, 0.25) is 0 Å². The van der Waals surface area contributed by atoms with Crippen molar-refractivity contribution < 1.29 is 0 Å². The van der Waals surface area contributed by atoms with E-state index in [1.807, 2.05) is 39.1 Å². The van der Waals surface area contributed by atoms with E-state index in [0.29, 0.717) is 0 Å². The minimum atomic E-state index is 0.840. The van der Waals surface area contributed by atoms with Gasteiger partial charge in [0, 0.05) is 31.1 Å². The standard InChI is InChI=1S/C9H10N4.C2H6/c1-10-9-6-8(12-13-9)7-2-4-11-5-3-7;1-2/h2-6H,1H3,(H2,10,12,13);1-2H3. The van der Waals surface area contributed by atoms with Crippen LogP contribution in [0.25, 0.3) is 11.3 Å². The molecule has 0 radical (unpaired) electrons. The Morgan fingerprint density at radius 2 is 1.87 bits per heavy atom. The van der Waals surface area contributed by atoms with Crippen LogP contribution in [0.2, 0.25) is 0 Å². The molecule has 0 unspecified atom stereocenters. The summed E-state index contributed by atoms with van der Waals surface area (Å²) in [5.41, 5.74) is 2.08. The number of aromatic amines is 1. The van der Waals surface area contributed by atoms with Crippen LogP contribution >= 0.6 is 0 Å². The first-order chi connectivity index (χ1) is 7.40. The smallest absolute Gasteiger partial charge is 0.148 e. The van der Waals surface area contributed by atoms with Crippen LogP contribution in [-0.4, -0.2) is 22.2 Å². The molecule has 0 saturated heterocycles. The fourth-order valence-electron chi connectivity index (χ4n) is 1.13. The molecule has 15 heavy (non-hydrogen) atoms. The second-order valence-electron chi connectivity index (χ2n) is 2.65. The van der Waals surface area contributed by atoms with Gasteiger partial charge in [0.25, 0.3) is 0 Å². The number of aromatic nitrogens is 3. The van der Waals surface area contributed by atoms with Gasteiger partial charge >= 0.3 is 0 Å². The summed E-state index contributed by atoms with van der Waals surface area (Å²) in [6, 6.07) is 5.83. The zero-order valence-corrected chi connectivity index (χ0v) is 9.28. The maximum absolute atomic E-state index is 4.05. The number of anilines is 1. The lowest BCUT2D eigenvalue weighted by molar-refractivity contribution is 1.09. The van der Waals surface area contributed by atoms with E-state index in [4.69, 9.17) is 0 Å². The maximum Gasteiger partial charge on any atom is 0.148 e. The highest BCUT2D eigenvalue weighted by Crippen LogP contribution is 2.17. The Bertz CT molecular complexity index is 380. The molecule has 0 aliphatic carbocycles. The Hall–Kier alpha value is -1.84. The average molecular weight is 204 g/mol. The van der Waals surface area contributed by atoms with Crippen LogP contribution < -0.4 is 5.32 Å². The van der Waals surface area contributed by atoms with E-state index in [9.17, 15) is 0 Å². The quantitative estimate of drug-likeness (QED) is 0.790. The summed E-state index contributed by atoms with van der Waals surface area (Å²) in [5, 5.41) is 9.95. The topological polar surface area (TPSA) is 53.6 Å². The summed E-state index contributed by atoms with van der Waals surface area (Å²) in [5.74, 6) is 0.840. The molecule has 0 amide bonds. The number of hydrogen-bond acceptors (Lipinski definition) is 3. The number of hydrogen-bond donors (Lipinski definition) is 2. The van der Waals surface area contributed by atoms with Gasteiger partial charge in [-0.25, -0.2) is 0 Å². The van der Waals surface area contributed by atoms with Gasteiger partial charge in [-0.2, -0.15) is 5.10 Å². The lowest BCUT2D eigenvalue weighted by Crippen LogP contribution is -1.85. The predicted molar refractivity (Wildman–Crippen MR) is 62.7 cm³/mol. The van der Waals surface area contributed by atoms with Crippen LogP contribution in [-0.2, 0) is 0 Å². The molecule has 2 N–H and O–H groups in total. The molecule has 0 saturated carbocycles. The van der Waals surface area contributed by atoms with Gasteiger partial charge in [-0.15, -0.1) is 0 Å². The van der Waals surface area contributed by atoms with Gasteiger partial charge in [0.15, 0.2) is 0 Å². The van der Waals surface area contributed by atoms with Crippen molar-refractivity contribution in [3.63, 3.8) is 0 Å². The Labute approximate surface area is 89.8 Å². The molecule has 80 valence electrons. The van der Waals surface area contributed by atoms with Crippen molar-refractivity contribution in [1.82, 2.24) is 15.2 Å². The van der Waals surface area contributed by atoms with Crippen LogP contribution in [0.3, 0.4) is 0 Å². The largest absolute Gasteiger partial charge is 0.372 e. The number of rotatable bonds is 2. The summed E-state index contributed by atoms with van der Waals surface area (Å²) >= 11 is 0. The first kappa shape index (κ1) is 11.2. The van der Waals surface area contributed by atoms with Crippen LogP contribution in [0.5, 0.6) is 0 Å². The minimum absolute atomic E-state index is 0.840. The van der Waals surface area contributed by atoms with E-state index in [0.717, 1.165) is 17.1 Å². The van der Waals surface area contributed by atoms with Gasteiger partial charge in [0.05, 0.1) is 5.69 Å². The fraction of sp³-hybridized carbons (Fsp3) is 0.273. The summed E-state index contributed by atoms with van der Waals surface area (Å²) in [4.78, 5) is 3.95. The van der Waals surface area contributed by atoms with Gasteiger partial charge in [-0.1, -0.05) is 13.8 Å². The minimum Gasteiger partial charge on any atom is -0.372 e. The normalized spacial score (nSPS) is 9.00. The molecule has 0 aromatic carbocycles. The van der Waals surface area contributed by atoms with Crippen molar-refractivity contribution in [2.45, 2.75) is 13.8 Å². The highest BCUT2D eigenvalue weighted by atomic mass is 15.2. The molecule has 4 nitrogen and oxygen atoms in total. The molecule has 0 bridgehead atoms. The Balaban J connectivity index is 0.000000531. The van der Waals surface area contributed by atoms with E-state index < -0.39 is 0 Å². The molecule has 2 rings (SSSR count). The van der Waals surface area contributed by atoms with Gasteiger partial charge < -0.3 is 5.32 Å². The van der Waals surface area contributed by atoms with Crippen molar-refractivity contribution in [2.75, 3.05) is 12.4 Å². The first-order valence-electron chi connectivity index (χ1n) is 5.03. The summed E-state index contributed by atoms with van der Waals surface area (Å²) in [6.45, 7) is 4.00. The van der Waals surface area contributed by atoms with E-state index in [1.165, 1.54) is 0 Å². The average Bonchev–Trinajstić information content (AvgIpc) is 2.81. The van der Waals surface area contributed by atoms with Gasteiger partial charge in [-0.05, 0) is 12.1 Å². The molecule has 2 heterocycles. The highest BCUT2D eigenvalue weighted by Gasteiger charge is 2.00. The summed E-state index contributed by atoms with van der Waals surface area (Å²) < 4.78 is 0. The second-order valence-corrected chi connectivity index (χ2v) is 2.65. The van der Waals surface area contributed by atoms with Crippen LogP contribution in [0, 0.1) is 0 Å². The number of pyridine rings is 1. The van der Waals surface area contributed by atoms with Gasteiger partial charge in [0.1, 0.15) is 5.82 Å². The van der Waals surface area contributed by atoms with Crippen LogP contribution in [0.15, 0.2) is 30.6 Å². The summed E-state index contributed by atoms with van der Waals surface area (Å²) in [7, 11) is 1.84. The van der Waals surface area contributed by atoms with Crippen molar-refractivity contribution in [1.29, 1.82) is 0 Å². The van der Waals surface area contributed by atoms with E-state index in [2.05, 4.69) is 20.5 Å². The monoisotopic (exact) mass is 204 g/mol. The third kappa shape index (κ3) is 2.80. The number of H-pyrrole nitrogens is 1. The molecule has 0 aliphatic heterocycles. The van der Waals surface area contributed by atoms with Crippen LogP contribution in [0.4, 0.5) is 5.82 Å². The molecule has 0 atom stereocenters. The van der Waals surface area contributed by atoms with E-state index >= 15 is 0 Å². The molecule has 2 aromatic rings. The summed E-state index contributed by atoms with van der Waals surface area (Å²) in [6.07, 6.45) is 3.52. The molecule has 0 aliphatic rings. The van der Waals surface area contributed by atoms with Gasteiger partial charge in [-0.3, -0.25) is 10.1 Å². The molecular formula is C11H16N4. The van der Waals surface area contributed by atoms with Crippen molar-refractivity contribution in [2.24, 2.45) is 0 Å². The third-order valence-corrected chi connectivity index (χ3v) is 1.83. The molecular weight excluding hydrogens is 188 g/mol. The second kappa shape index (κ2) is 5.80. The third-order valence-electron chi connectivity index (χ3n) is 1.83. The Morgan fingerprint density at radius 3 is 2.40 bits per heavy atom. The van der Waals surface area contributed by atoms with E-state index in [-0.39, 0.29) is 0 Å². The van der Waals surface area contributed by atoms with E-state index in [1.54, 1.807) is 12.4 Å². The fourth-order valence-corrected chi connectivity index (χ4v) is 1.13. The molecule has 2 aromatic heterocycles. The van der Waals surface area contributed by atoms with Crippen molar-refractivity contribution in [3.05, 3.63) is 30.6 Å².